The molecule has 23 heavy (non-hydrogen) atoms. The van der Waals surface area contributed by atoms with E-state index in [2.05, 4.69) is 0 Å². The van der Waals surface area contributed by atoms with Crippen LogP contribution < -0.4 is 19.9 Å². The molecule has 0 unspecified atom stereocenters. The fourth-order valence-electron chi connectivity index (χ4n) is 2.18. The number of ether oxygens (including phenoxy) is 3. The molecule has 0 spiro atoms. The molecule has 0 saturated heterocycles. The zero-order valence-electron chi connectivity index (χ0n) is 13.0. The molecule has 2 N–H and O–H groups in total. The van der Waals surface area contributed by atoms with Crippen LogP contribution >= 0.6 is 11.6 Å². The molecule has 0 aromatic heterocycles. The third-order valence-electron chi connectivity index (χ3n) is 3.19. The number of methoxy groups -OCH3 is 2. The Bertz CT molecular complexity index is 703. The van der Waals surface area contributed by atoms with Crippen molar-refractivity contribution >= 4 is 17.5 Å². The first-order valence-electron chi connectivity index (χ1n) is 6.94. The Morgan fingerprint density at radius 3 is 2.57 bits per heavy atom. The number of hydrogen-bond acceptors (Lipinski definition) is 4. The molecule has 2 aromatic rings. The van der Waals surface area contributed by atoms with Crippen LogP contribution in [0.4, 0.5) is 0 Å². The lowest BCUT2D eigenvalue weighted by atomic mass is 10.0. The molecule has 2 aromatic carbocycles. The highest BCUT2D eigenvalue weighted by molar-refractivity contribution is 6.32. The Balaban J connectivity index is 2.26. The van der Waals surface area contributed by atoms with Gasteiger partial charge >= 0.3 is 0 Å². The average Bonchev–Trinajstić information content (AvgIpc) is 2.53. The number of carbonyl (C=O) groups excluding carboxylic acids is 1. The molecule has 5 nitrogen and oxygen atoms in total. The van der Waals surface area contributed by atoms with Gasteiger partial charge in [0.15, 0.2) is 18.1 Å². The van der Waals surface area contributed by atoms with E-state index in [1.54, 1.807) is 13.2 Å². The van der Waals surface area contributed by atoms with Gasteiger partial charge in [0.1, 0.15) is 5.75 Å². The summed E-state index contributed by atoms with van der Waals surface area (Å²) in [5, 5.41) is 0.364. The molecular weight excluding hydrogens is 318 g/mol. The highest BCUT2D eigenvalue weighted by Crippen LogP contribution is 2.37. The van der Waals surface area contributed by atoms with Crippen LogP contribution in [0.15, 0.2) is 36.4 Å². The van der Waals surface area contributed by atoms with Crippen LogP contribution in [0.25, 0.3) is 0 Å². The molecule has 0 fully saturated rings. The van der Waals surface area contributed by atoms with Gasteiger partial charge in [-0.2, -0.15) is 0 Å². The highest BCUT2D eigenvalue weighted by Gasteiger charge is 2.13. The van der Waals surface area contributed by atoms with Crippen molar-refractivity contribution < 1.29 is 19.0 Å². The first-order chi connectivity index (χ1) is 11.0. The molecule has 0 aliphatic carbocycles. The standard InChI is InChI=1S/C17H18ClNO4/c1-21-13-5-3-4-11(7-13)6-12-8-14(18)17(15(9-12)22-2)23-10-16(19)20/h3-5,7-9H,6,10H2,1-2H3,(H2,19,20). The van der Waals surface area contributed by atoms with Gasteiger partial charge in [-0.1, -0.05) is 23.7 Å². The smallest absolute Gasteiger partial charge is 0.255 e. The Hall–Kier alpha value is -2.40. The molecule has 0 radical (unpaired) electrons. The van der Waals surface area contributed by atoms with E-state index in [4.69, 9.17) is 31.5 Å². The van der Waals surface area contributed by atoms with Crippen LogP contribution in [0.5, 0.6) is 17.2 Å². The van der Waals surface area contributed by atoms with E-state index in [1.807, 2.05) is 30.3 Å². The molecule has 1 amide bonds. The lowest BCUT2D eigenvalue weighted by molar-refractivity contribution is -0.119. The number of primary amides is 1. The lowest BCUT2D eigenvalue weighted by Gasteiger charge is -2.13. The third-order valence-corrected chi connectivity index (χ3v) is 3.47. The third kappa shape index (κ3) is 4.53. The van der Waals surface area contributed by atoms with Gasteiger partial charge in [0.2, 0.25) is 0 Å². The predicted octanol–water partition coefficient (Wildman–Crippen LogP) is 2.81. The van der Waals surface area contributed by atoms with Gasteiger partial charge in [0, 0.05) is 0 Å². The van der Waals surface area contributed by atoms with Gasteiger partial charge in [-0.3, -0.25) is 4.79 Å². The van der Waals surface area contributed by atoms with Crippen LogP contribution in [0, 0.1) is 0 Å². The average molecular weight is 336 g/mol. The first-order valence-corrected chi connectivity index (χ1v) is 7.31. The quantitative estimate of drug-likeness (QED) is 0.844. The second kappa shape index (κ2) is 7.74. The molecule has 2 rings (SSSR count). The molecule has 122 valence electrons. The normalized spacial score (nSPS) is 10.2. The molecular formula is C17H18ClNO4. The summed E-state index contributed by atoms with van der Waals surface area (Å²) in [7, 11) is 3.14. The Labute approximate surface area is 139 Å². The summed E-state index contributed by atoms with van der Waals surface area (Å²) in [4.78, 5) is 10.9. The van der Waals surface area contributed by atoms with Crippen molar-refractivity contribution in [1.82, 2.24) is 0 Å². The molecule has 0 bridgehead atoms. The van der Waals surface area contributed by atoms with Crippen LogP contribution in [0.2, 0.25) is 5.02 Å². The van der Waals surface area contributed by atoms with Crippen molar-refractivity contribution in [3.05, 3.63) is 52.5 Å². The van der Waals surface area contributed by atoms with Gasteiger partial charge < -0.3 is 19.9 Å². The summed E-state index contributed by atoms with van der Waals surface area (Å²) in [6.07, 6.45) is 0.656. The Morgan fingerprint density at radius 2 is 1.91 bits per heavy atom. The summed E-state index contributed by atoms with van der Waals surface area (Å²) in [5.41, 5.74) is 7.11. The zero-order chi connectivity index (χ0) is 16.8. The van der Waals surface area contributed by atoms with E-state index < -0.39 is 5.91 Å². The van der Waals surface area contributed by atoms with Gasteiger partial charge in [-0.25, -0.2) is 0 Å². The summed E-state index contributed by atoms with van der Waals surface area (Å²) < 4.78 is 15.8. The molecule has 0 atom stereocenters. The van der Waals surface area contributed by atoms with Crippen LogP contribution in [0.1, 0.15) is 11.1 Å². The van der Waals surface area contributed by atoms with E-state index in [9.17, 15) is 4.79 Å². The van der Waals surface area contributed by atoms with Crippen molar-refractivity contribution in [3.8, 4) is 17.2 Å². The van der Waals surface area contributed by atoms with Crippen molar-refractivity contribution in [3.63, 3.8) is 0 Å². The van der Waals surface area contributed by atoms with E-state index in [0.717, 1.165) is 16.9 Å². The second-order valence-electron chi connectivity index (χ2n) is 4.89. The van der Waals surface area contributed by atoms with Crippen LogP contribution in [-0.4, -0.2) is 26.7 Å². The Morgan fingerprint density at radius 1 is 1.13 bits per heavy atom. The van der Waals surface area contributed by atoms with Gasteiger partial charge in [0.25, 0.3) is 5.91 Å². The predicted molar refractivity (Wildman–Crippen MR) is 88.5 cm³/mol. The van der Waals surface area contributed by atoms with Gasteiger partial charge in [0.05, 0.1) is 19.2 Å². The second-order valence-corrected chi connectivity index (χ2v) is 5.30. The Kier molecular flexibility index (Phi) is 5.71. The maximum Gasteiger partial charge on any atom is 0.255 e. The van der Waals surface area contributed by atoms with Crippen molar-refractivity contribution in [1.29, 1.82) is 0 Å². The number of carbonyl (C=O) groups is 1. The van der Waals surface area contributed by atoms with Gasteiger partial charge in [-0.15, -0.1) is 0 Å². The number of hydrogen-bond donors (Lipinski definition) is 1. The molecule has 0 aliphatic rings. The monoisotopic (exact) mass is 335 g/mol. The summed E-state index contributed by atoms with van der Waals surface area (Å²) in [6, 6.07) is 11.4. The minimum atomic E-state index is -0.580. The zero-order valence-corrected chi connectivity index (χ0v) is 13.7. The number of nitrogens with two attached hydrogens (primary N) is 1. The number of rotatable bonds is 7. The number of benzene rings is 2. The molecule has 0 aliphatic heterocycles. The lowest BCUT2D eigenvalue weighted by Crippen LogP contribution is -2.20. The van der Waals surface area contributed by atoms with Gasteiger partial charge in [-0.05, 0) is 41.8 Å². The van der Waals surface area contributed by atoms with Crippen molar-refractivity contribution in [2.75, 3.05) is 20.8 Å². The molecule has 6 heteroatoms. The summed E-state index contributed by atoms with van der Waals surface area (Å²) >= 11 is 6.24. The minimum absolute atomic E-state index is 0.259. The maximum atomic E-state index is 10.9. The minimum Gasteiger partial charge on any atom is -0.497 e. The molecule has 0 saturated carbocycles. The van der Waals surface area contributed by atoms with Crippen LogP contribution in [0.3, 0.4) is 0 Å². The van der Waals surface area contributed by atoms with E-state index in [-0.39, 0.29) is 6.61 Å². The summed E-state index contributed by atoms with van der Waals surface area (Å²) in [6.45, 7) is -0.259. The highest BCUT2D eigenvalue weighted by atomic mass is 35.5. The topological polar surface area (TPSA) is 70.8 Å². The van der Waals surface area contributed by atoms with E-state index >= 15 is 0 Å². The fourth-order valence-corrected chi connectivity index (χ4v) is 2.46. The van der Waals surface area contributed by atoms with E-state index in [1.165, 1.54) is 7.11 Å². The number of halogens is 1. The largest absolute Gasteiger partial charge is 0.497 e. The van der Waals surface area contributed by atoms with Crippen molar-refractivity contribution in [2.24, 2.45) is 5.73 Å². The number of amides is 1. The van der Waals surface area contributed by atoms with Crippen molar-refractivity contribution in [2.45, 2.75) is 6.42 Å². The van der Waals surface area contributed by atoms with E-state index in [0.29, 0.717) is 22.9 Å². The fraction of sp³-hybridized carbons (Fsp3) is 0.235. The SMILES string of the molecule is COc1cccc(Cc2cc(Cl)c(OCC(N)=O)c(OC)c2)c1. The summed E-state index contributed by atoms with van der Waals surface area (Å²) in [5.74, 6) is 0.976. The maximum absolute atomic E-state index is 10.9. The first kappa shape index (κ1) is 17.0. The van der Waals surface area contributed by atoms with Crippen LogP contribution in [-0.2, 0) is 11.2 Å². The molecule has 0 heterocycles.